The van der Waals surface area contributed by atoms with Crippen molar-refractivity contribution >= 4 is 41.2 Å². The zero-order chi connectivity index (χ0) is 48.8. The Balaban J connectivity index is 0.000000435. The van der Waals surface area contributed by atoms with Gasteiger partial charge in [-0.3, -0.25) is 10.1 Å². The van der Waals surface area contributed by atoms with Crippen molar-refractivity contribution in [2.24, 2.45) is 0 Å². The number of hydrogen-bond donors (Lipinski definition) is 3. The van der Waals surface area contributed by atoms with Crippen LogP contribution in [0.4, 0.5) is 11.4 Å². The molecule has 0 unspecified atom stereocenters. The first-order valence-corrected chi connectivity index (χ1v) is 22.6. The quantitative estimate of drug-likeness (QED) is 0.00838. The first kappa shape index (κ1) is 54.1. The molecular weight excluding hydrogens is 865 g/mol. The van der Waals surface area contributed by atoms with Gasteiger partial charge >= 0.3 is 35.5 Å². The fourth-order valence-electron chi connectivity index (χ4n) is 6.54. The molecule has 0 bridgehead atoms. The molecule has 4 aromatic carbocycles. The zero-order valence-corrected chi connectivity index (χ0v) is 38.1. The van der Waals surface area contributed by atoms with E-state index in [1.807, 2.05) is 30.3 Å². The smallest absolute Gasteiger partial charge is 0.345 e. The number of carbonyl (C=O) groups is 5. The number of para-hydroxylation sites is 1. The third kappa shape index (κ3) is 20.7. The van der Waals surface area contributed by atoms with Gasteiger partial charge in [0.15, 0.2) is 5.75 Å². The van der Waals surface area contributed by atoms with Crippen molar-refractivity contribution in [3.05, 3.63) is 136 Å². The number of benzene rings is 4. The van der Waals surface area contributed by atoms with Crippen LogP contribution in [0.15, 0.2) is 97.6 Å². The van der Waals surface area contributed by atoms with Crippen molar-refractivity contribution in [2.75, 3.05) is 25.6 Å². The molecule has 0 aliphatic carbocycles. The summed E-state index contributed by atoms with van der Waals surface area (Å²) in [5.74, 6) is -4.08. The molecule has 0 atom stereocenters. The van der Waals surface area contributed by atoms with E-state index in [4.69, 9.17) is 34.5 Å². The summed E-state index contributed by atoms with van der Waals surface area (Å²) >= 11 is 0. The van der Waals surface area contributed by atoms with Crippen LogP contribution in [-0.4, -0.2) is 64.8 Å². The first-order chi connectivity index (χ1) is 32.3. The lowest BCUT2D eigenvalue weighted by Gasteiger charge is -2.11. The highest BCUT2D eigenvalue weighted by atomic mass is 16.6. The summed E-state index contributed by atoms with van der Waals surface area (Å²) in [6.45, 7) is 6.80. The van der Waals surface area contributed by atoms with E-state index in [0.717, 1.165) is 94.4 Å². The van der Waals surface area contributed by atoms with Crippen molar-refractivity contribution < 1.29 is 62.8 Å². The van der Waals surface area contributed by atoms with Crippen molar-refractivity contribution in [3.63, 3.8) is 0 Å². The van der Waals surface area contributed by atoms with Crippen molar-refractivity contribution in [1.82, 2.24) is 0 Å². The molecule has 0 amide bonds. The lowest BCUT2D eigenvalue weighted by molar-refractivity contribution is -0.385. The Hall–Kier alpha value is -7.23. The van der Waals surface area contributed by atoms with Gasteiger partial charge in [0.2, 0.25) is 0 Å². The van der Waals surface area contributed by atoms with Crippen molar-refractivity contribution in [3.8, 4) is 17.2 Å². The summed E-state index contributed by atoms with van der Waals surface area (Å²) < 4.78 is 26.7. The van der Waals surface area contributed by atoms with Gasteiger partial charge in [-0.2, -0.15) is 0 Å². The SMILES string of the molecule is C=CC(=O)OCCCCCCCCCCCOc1ccccc1.CCCCCCCCOc1cc(N)c(C(=O)Oc2ccc(COC(=O)c3cc(C(=O)O)ccc3C(=O)O)cc2)cc1[N+](=O)[O-]. The average molecular weight is 927 g/mol. The highest BCUT2D eigenvalue weighted by molar-refractivity contribution is 6.04. The molecule has 0 radical (unpaired) electrons. The number of nitrogens with two attached hydrogens (primary N) is 1. The number of aromatic carboxylic acids is 2. The Labute approximate surface area is 391 Å². The largest absolute Gasteiger partial charge is 0.494 e. The van der Waals surface area contributed by atoms with Crippen LogP contribution in [0.3, 0.4) is 0 Å². The summed E-state index contributed by atoms with van der Waals surface area (Å²) in [6, 6.07) is 20.9. The second-order valence-corrected chi connectivity index (χ2v) is 15.5. The molecule has 0 fully saturated rings. The maximum atomic E-state index is 12.8. The number of esters is 3. The van der Waals surface area contributed by atoms with Gasteiger partial charge in [0.25, 0.3) is 0 Å². The van der Waals surface area contributed by atoms with E-state index >= 15 is 0 Å². The van der Waals surface area contributed by atoms with E-state index in [2.05, 4.69) is 13.5 Å². The van der Waals surface area contributed by atoms with E-state index in [1.54, 1.807) is 0 Å². The maximum absolute atomic E-state index is 12.8. The van der Waals surface area contributed by atoms with Gasteiger partial charge in [0, 0.05) is 18.2 Å². The van der Waals surface area contributed by atoms with Crippen LogP contribution in [0, 0.1) is 10.1 Å². The lowest BCUT2D eigenvalue weighted by atomic mass is 10.0. The van der Waals surface area contributed by atoms with E-state index in [1.165, 1.54) is 74.9 Å². The summed E-state index contributed by atoms with van der Waals surface area (Å²) in [5, 5.41) is 30.1. The number of nitro benzene ring substituents is 1. The summed E-state index contributed by atoms with van der Waals surface area (Å²) in [4.78, 5) is 69.8. The van der Waals surface area contributed by atoms with Gasteiger partial charge in [-0.1, -0.05) is 121 Å². The predicted molar refractivity (Wildman–Crippen MR) is 252 cm³/mol. The van der Waals surface area contributed by atoms with Crippen LogP contribution < -0.4 is 19.9 Å². The summed E-state index contributed by atoms with van der Waals surface area (Å²) in [7, 11) is 0. The third-order valence-corrected chi connectivity index (χ3v) is 10.2. The number of carbonyl (C=O) groups excluding carboxylic acids is 3. The maximum Gasteiger partial charge on any atom is 0.345 e. The molecular formula is C51H62N2O14. The Morgan fingerprint density at radius 1 is 0.627 bits per heavy atom. The highest BCUT2D eigenvalue weighted by Crippen LogP contribution is 2.33. The molecule has 67 heavy (non-hydrogen) atoms. The van der Waals surface area contributed by atoms with E-state index in [-0.39, 0.29) is 47.5 Å². The molecule has 0 heterocycles. The molecule has 0 aromatic heterocycles. The van der Waals surface area contributed by atoms with Crippen LogP contribution in [0.25, 0.3) is 0 Å². The van der Waals surface area contributed by atoms with Crippen LogP contribution in [0.2, 0.25) is 0 Å². The van der Waals surface area contributed by atoms with Gasteiger partial charge < -0.3 is 39.6 Å². The van der Waals surface area contributed by atoms with Crippen molar-refractivity contribution in [1.29, 1.82) is 0 Å². The number of carboxylic acids is 2. The number of nitrogen functional groups attached to an aromatic ring is 1. The molecule has 4 N–H and O–H groups in total. The molecule has 0 aliphatic rings. The minimum absolute atomic E-state index is 0.0401. The molecule has 360 valence electrons. The van der Waals surface area contributed by atoms with Crippen LogP contribution in [0.1, 0.15) is 150 Å². The second kappa shape index (κ2) is 30.8. The Morgan fingerprint density at radius 2 is 1.21 bits per heavy atom. The average Bonchev–Trinajstić information content (AvgIpc) is 3.32. The van der Waals surface area contributed by atoms with Crippen LogP contribution >= 0.6 is 0 Å². The number of hydrogen-bond acceptors (Lipinski definition) is 13. The summed E-state index contributed by atoms with van der Waals surface area (Å²) in [6.07, 6.45) is 18.2. The Bertz CT molecular complexity index is 2210. The molecule has 0 spiro atoms. The van der Waals surface area contributed by atoms with Gasteiger partial charge in [-0.05, 0) is 67.3 Å². The van der Waals surface area contributed by atoms with E-state index in [0.29, 0.717) is 12.2 Å². The Morgan fingerprint density at radius 3 is 1.78 bits per heavy atom. The number of carboxylic acid groups (broad SMARTS) is 2. The molecule has 0 aliphatic heterocycles. The van der Waals surface area contributed by atoms with Gasteiger partial charge in [0.05, 0.1) is 52.7 Å². The molecule has 0 saturated heterocycles. The highest BCUT2D eigenvalue weighted by Gasteiger charge is 2.24. The van der Waals surface area contributed by atoms with Crippen LogP contribution in [0.5, 0.6) is 17.2 Å². The van der Waals surface area contributed by atoms with E-state index in [9.17, 15) is 39.2 Å². The van der Waals surface area contributed by atoms with Gasteiger partial charge in [-0.25, -0.2) is 24.0 Å². The number of ether oxygens (including phenoxy) is 5. The molecule has 16 nitrogen and oxygen atoms in total. The second-order valence-electron chi connectivity index (χ2n) is 15.5. The minimum Gasteiger partial charge on any atom is -0.494 e. The molecule has 4 rings (SSSR count). The topological polar surface area (TPSA) is 241 Å². The predicted octanol–water partition coefficient (Wildman–Crippen LogP) is 11.2. The fraction of sp³-hybridized carbons (Fsp3) is 0.392. The van der Waals surface area contributed by atoms with Gasteiger partial charge in [-0.15, -0.1) is 0 Å². The monoisotopic (exact) mass is 926 g/mol. The summed E-state index contributed by atoms with van der Waals surface area (Å²) in [5.41, 5.74) is 4.61. The first-order valence-electron chi connectivity index (χ1n) is 22.6. The number of anilines is 1. The number of unbranched alkanes of at least 4 members (excludes halogenated alkanes) is 13. The molecule has 16 heteroatoms. The number of nitro groups is 1. The Kier molecular flexibility index (Phi) is 24.9. The van der Waals surface area contributed by atoms with E-state index < -0.39 is 45.6 Å². The number of rotatable bonds is 30. The fourth-order valence-corrected chi connectivity index (χ4v) is 6.54. The zero-order valence-electron chi connectivity index (χ0n) is 38.1. The standard InChI is InChI=1S/C31H32N2O11.C20H30O3/c1-2-3-4-5-6-7-14-42-27-17-25(32)24(16-26(27)33(40)41)31(39)44-21-11-8-19(9-12-21)18-43-30(38)23-15-20(28(34)35)10-13-22(23)29(36)37;1-2-20(21)23-18-14-9-7-5-3-4-6-8-13-17-22-19-15-11-10-12-16-19/h8-13,15-17H,2-7,14,18,32H2,1H3,(H,34,35)(H,36,37);2,10-12,15-16H,1,3-9,13-14,17-18H2. The third-order valence-electron chi connectivity index (χ3n) is 10.2. The molecule has 0 saturated carbocycles. The minimum atomic E-state index is -1.43. The lowest BCUT2D eigenvalue weighted by Crippen LogP contribution is -2.14. The number of nitrogens with zero attached hydrogens (tertiary/aromatic N) is 1. The normalized spacial score (nSPS) is 10.5. The van der Waals surface area contributed by atoms with Crippen molar-refractivity contribution in [2.45, 2.75) is 110 Å². The molecule has 4 aromatic rings. The van der Waals surface area contributed by atoms with Gasteiger partial charge in [0.1, 0.15) is 18.1 Å². The van der Waals surface area contributed by atoms with Crippen LogP contribution in [-0.2, 0) is 20.9 Å².